The van der Waals surface area contributed by atoms with Crippen molar-refractivity contribution < 1.29 is 14.9 Å². The van der Waals surface area contributed by atoms with Crippen molar-refractivity contribution in [2.75, 3.05) is 20.2 Å². The van der Waals surface area contributed by atoms with E-state index < -0.39 is 0 Å². The van der Waals surface area contributed by atoms with Gasteiger partial charge in [0.25, 0.3) is 0 Å². The highest BCUT2D eigenvalue weighted by molar-refractivity contribution is 7.36. The molecule has 1 saturated heterocycles. The second-order valence-electron chi connectivity index (χ2n) is 4.62. The highest BCUT2D eigenvalue weighted by Gasteiger charge is 2.19. The van der Waals surface area contributed by atoms with Crippen LogP contribution in [0.2, 0.25) is 0 Å². The predicted molar refractivity (Wildman–Crippen MR) is 78.4 cm³/mol. The molecule has 102 valence electrons. The van der Waals surface area contributed by atoms with Gasteiger partial charge in [0.15, 0.2) is 11.5 Å². The molecule has 0 atom stereocenters. The zero-order chi connectivity index (χ0) is 13.4. The maximum absolute atomic E-state index is 10.1. The Morgan fingerprint density at radius 2 is 1.79 bits per heavy atom. The van der Waals surface area contributed by atoms with Crippen molar-refractivity contribution in [3.05, 3.63) is 10.1 Å². The molecular formula is C13H16NO3S2+. The third-order valence-electron chi connectivity index (χ3n) is 3.37. The molecule has 1 fully saturated rings. The van der Waals surface area contributed by atoms with Gasteiger partial charge in [-0.3, -0.25) is 0 Å². The highest BCUT2D eigenvalue weighted by Crippen LogP contribution is 2.43. The molecule has 1 aliphatic rings. The predicted octanol–water partition coefficient (Wildman–Crippen LogP) is 2.34. The normalized spacial score (nSPS) is 15.9. The summed E-state index contributed by atoms with van der Waals surface area (Å²) in [6, 6.07) is 1.47. The number of methoxy groups -OCH3 is 1. The van der Waals surface area contributed by atoms with Crippen LogP contribution in [0.25, 0.3) is 9.40 Å². The van der Waals surface area contributed by atoms with Crippen LogP contribution >= 0.6 is 22.7 Å². The number of nitrogens with zero attached hydrogens (tertiary/aromatic N) is 1. The second kappa shape index (κ2) is 5.02. The van der Waals surface area contributed by atoms with Crippen LogP contribution in [0.1, 0.15) is 19.3 Å². The molecule has 2 heterocycles. The largest absolute Gasteiger partial charge is 0.506 e. The van der Waals surface area contributed by atoms with E-state index >= 15 is 0 Å². The van der Waals surface area contributed by atoms with Gasteiger partial charge >= 0.3 is 3.98 Å². The zero-order valence-corrected chi connectivity index (χ0v) is 12.3. The molecule has 2 aromatic rings. The monoisotopic (exact) mass is 298 g/mol. The van der Waals surface area contributed by atoms with Crippen molar-refractivity contribution in [3.8, 4) is 17.2 Å². The van der Waals surface area contributed by atoms with Gasteiger partial charge in [0.2, 0.25) is 0 Å². The van der Waals surface area contributed by atoms with E-state index in [-0.39, 0.29) is 11.5 Å². The fourth-order valence-corrected chi connectivity index (χ4v) is 4.98. The smallest absolute Gasteiger partial charge is 0.315 e. The summed E-state index contributed by atoms with van der Waals surface area (Å²) in [5, 5.41) is 20.2. The maximum atomic E-state index is 10.1. The van der Waals surface area contributed by atoms with Crippen LogP contribution in [-0.4, -0.2) is 30.4 Å². The molecule has 1 aromatic carbocycles. The minimum atomic E-state index is 0.125. The molecule has 6 heteroatoms. The summed E-state index contributed by atoms with van der Waals surface area (Å²) in [7, 11) is 1.49. The Bertz CT molecular complexity index is 679. The van der Waals surface area contributed by atoms with Gasteiger partial charge in [0.05, 0.1) is 11.8 Å². The lowest BCUT2D eigenvalue weighted by Crippen LogP contribution is -2.31. The summed E-state index contributed by atoms with van der Waals surface area (Å²) in [5.41, 5.74) is 0. The number of hydrogen-bond acceptors (Lipinski definition) is 5. The van der Waals surface area contributed by atoms with Crippen LogP contribution in [0.15, 0.2) is 6.07 Å². The van der Waals surface area contributed by atoms with E-state index in [2.05, 4.69) is 4.58 Å². The van der Waals surface area contributed by atoms with Crippen molar-refractivity contribution in [2.24, 2.45) is 0 Å². The number of phenols is 2. The number of ether oxygens (including phenoxy) is 1. The Morgan fingerprint density at radius 3 is 2.47 bits per heavy atom. The molecule has 3 rings (SSSR count). The van der Waals surface area contributed by atoms with Crippen molar-refractivity contribution >= 4 is 32.1 Å². The SMILES string of the molecule is COc1cc(O)c2sc(=[N+]3CCCCC3)sc2c1O. The molecule has 1 aliphatic heterocycles. The van der Waals surface area contributed by atoms with Crippen molar-refractivity contribution in [1.29, 1.82) is 0 Å². The van der Waals surface area contributed by atoms with E-state index in [0.717, 1.165) is 21.8 Å². The van der Waals surface area contributed by atoms with Gasteiger partial charge in [-0.2, -0.15) is 0 Å². The minimum Gasteiger partial charge on any atom is -0.506 e. The van der Waals surface area contributed by atoms with Crippen molar-refractivity contribution in [3.63, 3.8) is 0 Å². The quantitative estimate of drug-likeness (QED) is 0.627. The summed E-state index contributed by atoms with van der Waals surface area (Å²) in [6.07, 6.45) is 3.71. The molecule has 0 unspecified atom stereocenters. The van der Waals surface area contributed by atoms with Crippen LogP contribution in [0, 0.1) is 0 Å². The molecule has 1 aromatic heterocycles. The summed E-state index contributed by atoms with van der Waals surface area (Å²) >= 11 is 3.07. The Morgan fingerprint density at radius 1 is 1.11 bits per heavy atom. The second-order valence-corrected chi connectivity index (χ2v) is 6.88. The Labute approximate surface area is 118 Å². The van der Waals surface area contributed by atoms with Crippen molar-refractivity contribution in [2.45, 2.75) is 19.3 Å². The van der Waals surface area contributed by atoms with Gasteiger partial charge in [-0.15, -0.1) is 0 Å². The number of piperidine rings is 1. The molecule has 0 bridgehead atoms. The number of phenolic OH excluding ortho intramolecular Hbond substituents is 2. The van der Waals surface area contributed by atoms with Crippen molar-refractivity contribution in [1.82, 2.24) is 4.58 Å². The van der Waals surface area contributed by atoms with E-state index in [1.54, 1.807) is 11.3 Å². The fourth-order valence-electron chi connectivity index (χ4n) is 2.34. The maximum Gasteiger partial charge on any atom is 0.315 e. The number of rotatable bonds is 1. The third-order valence-corrected chi connectivity index (χ3v) is 6.08. The molecule has 0 amide bonds. The summed E-state index contributed by atoms with van der Waals surface area (Å²) in [6.45, 7) is 2.12. The van der Waals surface area contributed by atoms with Crippen LogP contribution in [0.3, 0.4) is 0 Å². The van der Waals surface area contributed by atoms with Gasteiger partial charge in [0.1, 0.15) is 23.5 Å². The average molecular weight is 298 g/mol. The van der Waals surface area contributed by atoms with Crippen LogP contribution < -0.4 is 13.3 Å². The zero-order valence-electron chi connectivity index (χ0n) is 10.7. The molecule has 2 N–H and O–H groups in total. The molecule has 0 aliphatic carbocycles. The standard InChI is InChI=1S/C13H15NO3S2/c1-17-9-7-8(15)11-12(10(9)16)19-13(18-11)14-5-3-2-4-6-14/h7H,2-6H2,1H3,(H-,15,16)/p+1. The van der Waals surface area contributed by atoms with Crippen LogP contribution in [0.5, 0.6) is 17.2 Å². The van der Waals surface area contributed by atoms with E-state index in [0.29, 0.717) is 10.4 Å². The first-order valence-electron chi connectivity index (χ1n) is 6.31. The van der Waals surface area contributed by atoms with Gasteiger partial charge in [-0.25, -0.2) is 4.58 Å². The first-order chi connectivity index (χ1) is 9.20. The molecule has 0 radical (unpaired) electrons. The Kier molecular flexibility index (Phi) is 3.36. The fraction of sp³-hybridized carbons (Fsp3) is 0.462. The van der Waals surface area contributed by atoms with E-state index in [9.17, 15) is 10.2 Å². The highest BCUT2D eigenvalue weighted by atomic mass is 32.2. The lowest BCUT2D eigenvalue weighted by molar-refractivity contribution is 0.373. The molecule has 0 saturated carbocycles. The molecule has 19 heavy (non-hydrogen) atoms. The number of benzene rings is 1. The first kappa shape index (κ1) is 12.7. The summed E-state index contributed by atoms with van der Waals surface area (Å²) in [4.78, 5) is 0. The van der Waals surface area contributed by atoms with Crippen LogP contribution in [0.4, 0.5) is 0 Å². The molecule has 4 nitrogen and oxygen atoms in total. The molecule has 0 spiro atoms. The summed E-state index contributed by atoms with van der Waals surface area (Å²) in [5.74, 6) is 0.623. The third kappa shape index (κ3) is 2.19. The lowest BCUT2D eigenvalue weighted by atomic mass is 10.2. The van der Waals surface area contributed by atoms with E-state index in [1.807, 2.05) is 0 Å². The van der Waals surface area contributed by atoms with Crippen LogP contribution in [-0.2, 0) is 0 Å². The lowest BCUT2D eigenvalue weighted by Gasteiger charge is -2.07. The number of aromatic hydroxyl groups is 2. The van der Waals surface area contributed by atoms with E-state index in [1.165, 1.54) is 43.8 Å². The summed E-state index contributed by atoms with van der Waals surface area (Å²) < 4.78 is 10.0. The van der Waals surface area contributed by atoms with Gasteiger partial charge in [-0.05, 0) is 6.42 Å². The van der Waals surface area contributed by atoms with Gasteiger partial charge in [-0.1, -0.05) is 22.7 Å². The number of fused-ring (bicyclic) bond motifs is 1. The Balaban J connectivity index is 2.25. The Hall–Kier alpha value is -1.27. The number of hydrogen-bond donors (Lipinski definition) is 2. The minimum absolute atomic E-state index is 0.125. The van der Waals surface area contributed by atoms with Gasteiger partial charge in [0, 0.05) is 18.9 Å². The first-order valence-corrected chi connectivity index (χ1v) is 7.94. The van der Waals surface area contributed by atoms with E-state index in [4.69, 9.17) is 4.74 Å². The average Bonchev–Trinajstić information content (AvgIpc) is 2.90. The van der Waals surface area contributed by atoms with Gasteiger partial charge < -0.3 is 14.9 Å². The molecular weight excluding hydrogens is 282 g/mol. The topological polar surface area (TPSA) is 52.7 Å².